The normalized spacial score (nSPS) is 14.0. The molecular formula is C23H17N5O3. The van der Waals surface area contributed by atoms with Crippen LogP contribution in [0.25, 0.3) is 17.7 Å². The second-order valence-corrected chi connectivity index (χ2v) is 6.90. The molecule has 3 aromatic rings. The predicted molar refractivity (Wildman–Crippen MR) is 115 cm³/mol. The first-order valence-electron chi connectivity index (χ1n) is 9.45. The molecule has 4 rings (SSSR count). The Balaban J connectivity index is 1.46. The standard InChI is InChI=1S/C23H17N5O3/c24-10-15-7-20(23(30)31)22(27-11-15)26-5-1-2-14-3-4-18-16(6-14)8-21(29)19(18)9-17-12-25-13-28-17/h1-4,6-7,9,11-13H,5,8H2,(H,25,28)(H,26,27)(H,30,31)/b2-1+,19-9-. The van der Waals surface area contributed by atoms with Crippen molar-refractivity contribution in [3.05, 3.63) is 82.6 Å². The van der Waals surface area contributed by atoms with Gasteiger partial charge < -0.3 is 15.4 Å². The number of nitrogens with one attached hydrogen (secondary N) is 2. The minimum Gasteiger partial charge on any atom is -0.478 e. The molecule has 2 heterocycles. The van der Waals surface area contributed by atoms with E-state index >= 15 is 0 Å². The minimum atomic E-state index is -1.15. The van der Waals surface area contributed by atoms with Gasteiger partial charge in [-0.15, -0.1) is 0 Å². The summed E-state index contributed by atoms with van der Waals surface area (Å²) in [5.41, 5.74) is 4.40. The molecule has 0 saturated carbocycles. The van der Waals surface area contributed by atoms with Crippen molar-refractivity contribution in [3.8, 4) is 6.07 Å². The highest BCUT2D eigenvalue weighted by Crippen LogP contribution is 2.31. The summed E-state index contributed by atoms with van der Waals surface area (Å²) < 4.78 is 0. The van der Waals surface area contributed by atoms with Gasteiger partial charge >= 0.3 is 5.97 Å². The number of pyridine rings is 1. The van der Waals surface area contributed by atoms with Crippen LogP contribution in [0.15, 0.2) is 49.1 Å². The van der Waals surface area contributed by atoms with Gasteiger partial charge in [0.2, 0.25) is 0 Å². The molecule has 0 spiro atoms. The second kappa shape index (κ2) is 8.47. The summed E-state index contributed by atoms with van der Waals surface area (Å²) in [7, 11) is 0. The minimum absolute atomic E-state index is 0.0555. The number of rotatable bonds is 6. The zero-order valence-corrected chi connectivity index (χ0v) is 16.3. The van der Waals surface area contributed by atoms with Gasteiger partial charge in [-0.3, -0.25) is 4.79 Å². The Kier molecular flexibility index (Phi) is 5.41. The number of benzene rings is 1. The van der Waals surface area contributed by atoms with Crippen molar-refractivity contribution >= 4 is 35.3 Å². The van der Waals surface area contributed by atoms with E-state index in [2.05, 4.69) is 20.3 Å². The Labute approximate surface area is 177 Å². The summed E-state index contributed by atoms with van der Waals surface area (Å²) in [6.45, 7) is 0.347. The fourth-order valence-corrected chi connectivity index (χ4v) is 3.38. The Morgan fingerprint density at radius 3 is 2.94 bits per heavy atom. The third-order valence-electron chi connectivity index (χ3n) is 4.83. The number of carbonyl (C=O) groups is 2. The van der Waals surface area contributed by atoms with E-state index in [4.69, 9.17) is 5.26 Å². The number of anilines is 1. The molecule has 8 nitrogen and oxygen atoms in total. The molecule has 0 amide bonds. The predicted octanol–water partition coefficient (Wildman–Crippen LogP) is 3.17. The number of carbonyl (C=O) groups excluding carboxylic acids is 1. The maximum Gasteiger partial charge on any atom is 0.339 e. The maximum atomic E-state index is 12.4. The fourth-order valence-electron chi connectivity index (χ4n) is 3.38. The number of fused-ring (bicyclic) bond motifs is 1. The molecule has 8 heteroatoms. The Bertz CT molecular complexity index is 1270. The Morgan fingerprint density at radius 2 is 2.19 bits per heavy atom. The SMILES string of the molecule is N#Cc1cnc(NC/C=C/c2ccc3c(c2)CC(=O)/C3=C\c2cnc[nH]2)c(C(=O)O)c1. The van der Waals surface area contributed by atoms with Crippen molar-refractivity contribution < 1.29 is 14.7 Å². The number of Topliss-reactive ketones (excluding diaryl/α,β-unsaturated/α-hetero) is 1. The lowest BCUT2D eigenvalue weighted by molar-refractivity contribution is -0.112. The topological polar surface area (TPSA) is 132 Å². The highest BCUT2D eigenvalue weighted by atomic mass is 16.4. The van der Waals surface area contributed by atoms with E-state index in [1.807, 2.05) is 42.5 Å². The maximum absolute atomic E-state index is 12.4. The molecule has 1 aliphatic carbocycles. The number of carboxylic acids is 1. The fraction of sp³-hybridized carbons (Fsp3) is 0.0870. The number of hydrogen-bond acceptors (Lipinski definition) is 6. The third kappa shape index (κ3) is 4.26. The van der Waals surface area contributed by atoms with Gasteiger partial charge in [0.05, 0.1) is 23.8 Å². The molecule has 0 saturated heterocycles. The van der Waals surface area contributed by atoms with E-state index in [-0.39, 0.29) is 22.7 Å². The van der Waals surface area contributed by atoms with Gasteiger partial charge in [0.25, 0.3) is 0 Å². The first-order chi connectivity index (χ1) is 15.0. The molecule has 0 fully saturated rings. The van der Waals surface area contributed by atoms with Crippen molar-refractivity contribution in [1.29, 1.82) is 5.26 Å². The van der Waals surface area contributed by atoms with Gasteiger partial charge in [0, 0.05) is 24.7 Å². The smallest absolute Gasteiger partial charge is 0.339 e. The van der Waals surface area contributed by atoms with Crippen LogP contribution in [0.5, 0.6) is 0 Å². The zero-order chi connectivity index (χ0) is 21.8. The van der Waals surface area contributed by atoms with Gasteiger partial charge in [0.15, 0.2) is 5.78 Å². The number of ketones is 1. The van der Waals surface area contributed by atoms with Gasteiger partial charge in [-0.05, 0) is 28.8 Å². The number of nitriles is 1. The summed E-state index contributed by atoms with van der Waals surface area (Å²) in [6.07, 6.45) is 10.5. The van der Waals surface area contributed by atoms with Crippen LogP contribution in [0.1, 0.15) is 38.3 Å². The average molecular weight is 411 g/mol. The first-order valence-corrected chi connectivity index (χ1v) is 9.45. The molecule has 0 radical (unpaired) electrons. The summed E-state index contributed by atoms with van der Waals surface area (Å²) in [5.74, 6) is -0.886. The van der Waals surface area contributed by atoms with Crippen molar-refractivity contribution in [2.45, 2.75) is 6.42 Å². The molecule has 152 valence electrons. The quantitative estimate of drug-likeness (QED) is 0.531. The number of allylic oxidation sites excluding steroid dienone is 1. The monoisotopic (exact) mass is 411 g/mol. The summed E-state index contributed by atoms with van der Waals surface area (Å²) in [6, 6.07) is 8.99. The van der Waals surface area contributed by atoms with E-state index in [0.29, 0.717) is 18.5 Å². The number of imidazole rings is 1. The molecule has 31 heavy (non-hydrogen) atoms. The first kappa shape index (κ1) is 19.8. The highest BCUT2D eigenvalue weighted by molar-refractivity contribution is 6.29. The van der Waals surface area contributed by atoms with Crippen LogP contribution in [0.2, 0.25) is 0 Å². The van der Waals surface area contributed by atoms with Crippen molar-refractivity contribution in [2.24, 2.45) is 0 Å². The summed E-state index contributed by atoms with van der Waals surface area (Å²) >= 11 is 0. The molecule has 0 unspecified atom stereocenters. The van der Waals surface area contributed by atoms with Gasteiger partial charge in [-0.2, -0.15) is 5.26 Å². The molecule has 1 aromatic carbocycles. The Hall–Kier alpha value is -4.51. The molecule has 1 aliphatic rings. The van der Waals surface area contributed by atoms with Crippen molar-refractivity contribution in [1.82, 2.24) is 15.0 Å². The second-order valence-electron chi connectivity index (χ2n) is 6.90. The number of carboxylic acid groups (broad SMARTS) is 1. The van der Waals surface area contributed by atoms with Crippen LogP contribution in [0.3, 0.4) is 0 Å². The van der Waals surface area contributed by atoms with Crippen molar-refractivity contribution in [3.63, 3.8) is 0 Å². The van der Waals surface area contributed by atoms with Crippen LogP contribution >= 0.6 is 0 Å². The van der Waals surface area contributed by atoms with Gasteiger partial charge in [0.1, 0.15) is 17.5 Å². The van der Waals surface area contributed by atoms with E-state index < -0.39 is 5.97 Å². The van der Waals surface area contributed by atoms with Gasteiger partial charge in [-0.25, -0.2) is 14.8 Å². The lowest BCUT2D eigenvalue weighted by Crippen LogP contribution is -2.08. The largest absolute Gasteiger partial charge is 0.478 e. The zero-order valence-electron chi connectivity index (χ0n) is 16.3. The molecular weight excluding hydrogens is 394 g/mol. The van der Waals surface area contributed by atoms with Crippen molar-refractivity contribution in [2.75, 3.05) is 11.9 Å². The summed E-state index contributed by atoms with van der Waals surface area (Å²) in [4.78, 5) is 34.7. The summed E-state index contributed by atoms with van der Waals surface area (Å²) in [5, 5.41) is 21.1. The van der Waals surface area contributed by atoms with Crippen LogP contribution < -0.4 is 5.32 Å². The van der Waals surface area contributed by atoms with Crippen LogP contribution in [0, 0.1) is 11.3 Å². The van der Waals surface area contributed by atoms with E-state index in [9.17, 15) is 14.7 Å². The number of hydrogen-bond donors (Lipinski definition) is 3. The number of aromatic carboxylic acids is 1. The van der Waals surface area contributed by atoms with E-state index in [1.54, 1.807) is 12.5 Å². The van der Waals surface area contributed by atoms with Crippen LogP contribution in [-0.4, -0.2) is 38.4 Å². The van der Waals surface area contributed by atoms with E-state index in [1.165, 1.54) is 12.3 Å². The van der Waals surface area contributed by atoms with Crippen LogP contribution in [-0.2, 0) is 11.2 Å². The molecule has 0 aliphatic heterocycles. The Morgan fingerprint density at radius 1 is 1.32 bits per heavy atom. The third-order valence-corrected chi connectivity index (χ3v) is 4.83. The lowest BCUT2D eigenvalue weighted by Gasteiger charge is -2.06. The number of nitrogens with zero attached hydrogens (tertiary/aromatic N) is 3. The number of H-pyrrole nitrogens is 1. The average Bonchev–Trinajstić information content (AvgIpc) is 3.39. The van der Waals surface area contributed by atoms with E-state index in [0.717, 1.165) is 22.4 Å². The molecule has 2 aromatic heterocycles. The number of aromatic amines is 1. The number of aromatic nitrogens is 3. The highest BCUT2D eigenvalue weighted by Gasteiger charge is 2.24. The molecule has 0 atom stereocenters. The molecule has 0 bridgehead atoms. The lowest BCUT2D eigenvalue weighted by atomic mass is 10.0. The van der Waals surface area contributed by atoms with Crippen LogP contribution in [0.4, 0.5) is 5.82 Å². The van der Waals surface area contributed by atoms with Gasteiger partial charge in [-0.1, -0.05) is 30.4 Å². The molecule has 3 N–H and O–H groups in total.